The van der Waals surface area contributed by atoms with Gasteiger partial charge >= 0.3 is 12.1 Å². The van der Waals surface area contributed by atoms with Gasteiger partial charge in [0.2, 0.25) is 0 Å². The van der Waals surface area contributed by atoms with Crippen molar-refractivity contribution in [2.45, 2.75) is 32.1 Å². The number of carbonyl (C=O) groups is 2. The highest BCUT2D eigenvalue weighted by Crippen LogP contribution is 2.02. The fourth-order valence-corrected chi connectivity index (χ4v) is 1.56. The molecule has 0 aliphatic carbocycles. The Labute approximate surface area is 128 Å². The van der Waals surface area contributed by atoms with E-state index in [-0.39, 0.29) is 19.6 Å². The van der Waals surface area contributed by atoms with Gasteiger partial charge in [0.05, 0.1) is 12.7 Å². The Bertz CT molecular complexity index is 526. The Morgan fingerprint density at radius 2 is 2.05 bits per heavy atom. The van der Waals surface area contributed by atoms with Gasteiger partial charge in [-0.05, 0) is 12.5 Å². The van der Waals surface area contributed by atoms with Crippen molar-refractivity contribution in [1.29, 1.82) is 5.26 Å². The predicted molar refractivity (Wildman–Crippen MR) is 76.8 cm³/mol. The number of nitrogens with zero attached hydrogens (tertiary/aromatic N) is 1. The number of ether oxygens (including phenoxy) is 2. The molecule has 0 aromatic heterocycles. The number of aliphatic carboxylic acids is 1. The zero-order valence-electron chi connectivity index (χ0n) is 12.2. The molecular formula is C15H18N2O5. The van der Waals surface area contributed by atoms with E-state index in [0.29, 0.717) is 0 Å². The molecule has 118 valence electrons. The Morgan fingerprint density at radius 1 is 1.36 bits per heavy atom. The minimum absolute atomic E-state index is 0.0434. The third kappa shape index (κ3) is 6.72. The van der Waals surface area contributed by atoms with Gasteiger partial charge in [0.1, 0.15) is 18.8 Å². The normalized spacial score (nSPS) is 12.7. The lowest BCUT2D eigenvalue weighted by molar-refractivity contribution is -0.140. The minimum atomic E-state index is -1.19. The third-order valence-corrected chi connectivity index (χ3v) is 2.76. The smallest absolute Gasteiger partial charge is 0.408 e. The van der Waals surface area contributed by atoms with Gasteiger partial charge in [-0.3, -0.25) is 0 Å². The van der Waals surface area contributed by atoms with Crippen molar-refractivity contribution in [3.8, 4) is 6.07 Å². The number of alkyl carbamates (subject to hydrolysis) is 1. The summed E-state index contributed by atoms with van der Waals surface area (Å²) in [6.45, 7) is 1.66. The summed E-state index contributed by atoms with van der Waals surface area (Å²) < 4.78 is 10.0. The van der Waals surface area contributed by atoms with Crippen LogP contribution in [0, 0.1) is 11.3 Å². The molecule has 0 radical (unpaired) electrons. The Hall–Kier alpha value is -2.59. The molecule has 0 bridgehead atoms. The zero-order chi connectivity index (χ0) is 16.4. The molecule has 0 aliphatic heterocycles. The maximum absolute atomic E-state index is 11.6. The maximum Gasteiger partial charge on any atom is 0.408 e. The van der Waals surface area contributed by atoms with Crippen LogP contribution < -0.4 is 5.32 Å². The molecule has 1 aromatic carbocycles. The second-order valence-corrected chi connectivity index (χ2v) is 4.53. The first-order valence-electron chi connectivity index (χ1n) is 6.74. The van der Waals surface area contributed by atoms with Crippen LogP contribution >= 0.6 is 0 Å². The van der Waals surface area contributed by atoms with E-state index in [9.17, 15) is 9.59 Å². The highest BCUT2D eigenvalue weighted by molar-refractivity contribution is 5.79. The van der Waals surface area contributed by atoms with E-state index in [1.54, 1.807) is 19.1 Å². The molecule has 0 spiro atoms. The van der Waals surface area contributed by atoms with E-state index in [4.69, 9.17) is 19.8 Å². The summed E-state index contributed by atoms with van der Waals surface area (Å²) in [4.78, 5) is 22.7. The molecule has 7 nitrogen and oxygen atoms in total. The van der Waals surface area contributed by atoms with E-state index < -0.39 is 24.2 Å². The van der Waals surface area contributed by atoms with Crippen LogP contribution in [-0.4, -0.2) is 35.9 Å². The molecule has 0 aliphatic rings. The first-order valence-corrected chi connectivity index (χ1v) is 6.74. The quantitative estimate of drug-likeness (QED) is 0.756. The molecule has 0 saturated heterocycles. The average Bonchev–Trinajstić information content (AvgIpc) is 2.52. The summed E-state index contributed by atoms with van der Waals surface area (Å²) in [5.74, 6) is -1.19. The highest BCUT2D eigenvalue weighted by atomic mass is 16.5. The molecule has 0 heterocycles. The van der Waals surface area contributed by atoms with Crippen LogP contribution in [0.5, 0.6) is 0 Å². The van der Waals surface area contributed by atoms with Crippen LogP contribution in [0.1, 0.15) is 18.9 Å². The molecular weight excluding hydrogens is 288 g/mol. The first-order chi connectivity index (χ1) is 10.5. The van der Waals surface area contributed by atoms with Crippen LogP contribution in [0.2, 0.25) is 0 Å². The van der Waals surface area contributed by atoms with Crippen molar-refractivity contribution >= 4 is 12.1 Å². The van der Waals surface area contributed by atoms with Crippen molar-refractivity contribution in [3.63, 3.8) is 0 Å². The SMILES string of the molecule is CC(C#N)OCCC(NC(=O)OCc1ccccc1)C(=O)O. The van der Waals surface area contributed by atoms with E-state index in [1.807, 2.05) is 24.3 Å². The van der Waals surface area contributed by atoms with Crippen LogP contribution in [0.4, 0.5) is 4.79 Å². The van der Waals surface area contributed by atoms with E-state index in [2.05, 4.69) is 5.32 Å². The van der Waals surface area contributed by atoms with Gasteiger partial charge in [0.15, 0.2) is 0 Å². The highest BCUT2D eigenvalue weighted by Gasteiger charge is 2.20. The molecule has 2 unspecified atom stereocenters. The standard InChI is InChI=1S/C15H18N2O5/c1-11(9-16)21-8-7-13(14(18)19)17-15(20)22-10-12-5-3-2-4-6-12/h2-6,11,13H,7-8,10H2,1H3,(H,17,20)(H,18,19). The molecule has 7 heteroatoms. The average molecular weight is 306 g/mol. The fourth-order valence-electron chi connectivity index (χ4n) is 1.56. The van der Waals surface area contributed by atoms with Crippen LogP contribution in [0.3, 0.4) is 0 Å². The minimum Gasteiger partial charge on any atom is -0.480 e. The summed E-state index contributed by atoms with van der Waals surface area (Å²) in [7, 11) is 0. The summed E-state index contributed by atoms with van der Waals surface area (Å²) >= 11 is 0. The fraction of sp³-hybridized carbons (Fsp3) is 0.400. The predicted octanol–water partition coefficient (Wildman–Crippen LogP) is 1.68. The Morgan fingerprint density at radius 3 is 2.64 bits per heavy atom. The molecule has 0 fully saturated rings. The molecule has 22 heavy (non-hydrogen) atoms. The monoisotopic (exact) mass is 306 g/mol. The van der Waals surface area contributed by atoms with Gasteiger partial charge in [0.25, 0.3) is 0 Å². The summed E-state index contributed by atoms with van der Waals surface area (Å²) in [6.07, 6.45) is -1.40. The number of amides is 1. The van der Waals surface area contributed by atoms with Crippen molar-refractivity contribution in [2.75, 3.05) is 6.61 Å². The number of carboxylic acids is 1. The topological polar surface area (TPSA) is 109 Å². The largest absolute Gasteiger partial charge is 0.480 e. The van der Waals surface area contributed by atoms with Crippen LogP contribution in [0.25, 0.3) is 0 Å². The second-order valence-electron chi connectivity index (χ2n) is 4.53. The molecule has 1 aromatic rings. The Balaban J connectivity index is 2.37. The third-order valence-electron chi connectivity index (χ3n) is 2.76. The molecule has 0 saturated carbocycles. The maximum atomic E-state index is 11.6. The van der Waals surface area contributed by atoms with Gasteiger partial charge in [-0.25, -0.2) is 9.59 Å². The number of carbonyl (C=O) groups excluding carboxylic acids is 1. The van der Waals surface area contributed by atoms with Crippen molar-refractivity contribution in [2.24, 2.45) is 0 Å². The number of hydrogen-bond donors (Lipinski definition) is 2. The van der Waals surface area contributed by atoms with Gasteiger partial charge in [0, 0.05) is 6.42 Å². The summed E-state index contributed by atoms with van der Waals surface area (Å²) in [5, 5.41) is 19.8. The molecule has 2 atom stereocenters. The van der Waals surface area contributed by atoms with Gasteiger partial charge in [-0.15, -0.1) is 0 Å². The van der Waals surface area contributed by atoms with Gasteiger partial charge in [-0.1, -0.05) is 30.3 Å². The number of hydrogen-bond acceptors (Lipinski definition) is 5. The molecule has 2 N–H and O–H groups in total. The zero-order valence-corrected chi connectivity index (χ0v) is 12.2. The van der Waals surface area contributed by atoms with Crippen LogP contribution in [0.15, 0.2) is 30.3 Å². The van der Waals surface area contributed by atoms with Crippen molar-refractivity contribution in [1.82, 2.24) is 5.32 Å². The van der Waals surface area contributed by atoms with Crippen molar-refractivity contribution < 1.29 is 24.2 Å². The van der Waals surface area contributed by atoms with Crippen molar-refractivity contribution in [3.05, 3.63) is 35.9 Å². The first kappa shape index (κ1) is 17.5. The van der Waals surface area contributed by atoms with Gasteiger partial charge in [-0.2, -0.15) is 5.26 Å². The number of rotatable bonds is 8. The summed E-state index contributed by atoms with van der Waals surface area (Å²) in [5.41, 5.74) is 0.802. The van der Waals surface area contributed by atoms with E-state index in [1.165, 1.54) is 0 Å². The lowest BCUT2D eigenvalue weighted by atomic mass is 10.2. The van der Waals surface area contributed by atoms with Gasteiger partial charge < -0.3 is 19.9 Å². The number of nitrogens with one attached hydrogen (secondary N) is 1. The molecule has 1 rings (SSSR count). The second kappa shape index (κ2) is 9.37. The van der Waals surface area contributed by atoms with Crippen LogP contribution in [-0.2, 0) is 20.9 Å². The lowest BCUT2D eigenvalue weighted by Gasteiger charge is -2.15. The number of carboxylic acid groups (broad SMARTS) is 1. The Kier molecular flexibility index (Phi) is 7.43. The summed E-state index contributed by atoms with van der Waals surface area (Å²) in [6, 6.07) is 9.78. The number of benzene rings is 1. The van der Waals surface area contributed by atoms with E-state index >= 15 is 0 Å². The van der Waals surface area contributed by atoms with E-state index in [0.717, 1.165) is 5.56 Å². The molecule has 1 amide bonds. The lowest BCUT2D eigenvalue weighted by Crippen LogP contribution is -2.41. The number of nitriles is 1.